The first-order valence-corrected chi connectivity index (χ1v) is 5.83. The maximum absolute atomic E-state index is 5.90. The Balaban J connectivity index is 1.78. The van der Waals surface area contributed by atoms with Gasteiger partial charge in [0.2, 0.25) is 0 Å². The number of aromatic amines is 1. The first kappa shape index (κ1) is 10.7. The molecule has 0 fully saturated rings. The van der Waals surface area contributed by atoms with Crippen LogP contribution in [0, 0.1) is 0 Å². The summed E-state index contributed by atoms with van der Waals surface area (Å²) in [5.41, 5.74) is 9.89. The summed E-state index contributed by atoms with van der Waals surface area (Å²) in [7, 11) is 0. The predicted molar refractivity (Wildman–Crippen MR) is 74.3 cm³/mol. The molecule has 0 unspecified atom stereocenters. The monoisotopic (exact) mass is 238 g/mol. The van der Waals surface area contributed by atoms with Crippen molar-refractivity contribution in [1.29, 1.82) is 0 Å². The highest BCUT2D eigenvalue weighted by Crippen LogP contribution is 2.18. The molecule has 0 aliphatic heterocycles. The number of fused-ring (bicyclic) bond motifs is 1. The molecule has 3 aromatic rings. The van der Waals surface area contributed by atoms with E-state index < -0.39 is 0 Å². The van der Waals surface area contributed by atoms with Crippen LogP contribution in [0.2, 0.25) is 0 Å². The molecule has 90 valence electrons. The van der Waals surface area contributed by atoms with Crippen molar-refractivity contribution in [1.82, 2.24) is 10.2 Å². The summed E-state index contributed by atoms with van der Waals surface area (Å²) in [6, 6.07) is 14.0. The average molecular weight is 238 g/mol. The number of hydrogen-bond donors (Lipinski definition) is 3. The average Bonchev–Trinajstić information content (AvgIpc) is 2.85. The van der Waals surface area contributed by atoms with Crippen LogP contribution >= 0.6 is 0 Å². The summed E-state index contributed by atoms with van der Waals surface area (Å²) in [5.74, 6) is 0. The second-order valence-electron chi connectivity index (χ2n) is 4.22. The van der Waals surface area contributed by atoms with E-state index in [-0.39, 0.29) is 0 Å². The van der Waals surface area contributed by atoms with Gasteiger partial charge >= 0.3 is 0 Å². The van der Waals surface area contributed by atoms with Gasteiger partial charge in [0.05, 0.1) is 11.7 Å². The standard InChI is InChI=1S/C14H14N4/c15-13-4-2-1-3-10(13)8-16-12-6-5-11-9-17-18-14(11)7-12/h1-7,9,16H,8,15H2,(H,17,18). The fraction of sp³-hybridized carbons (Fsp3) is 0.0714. The van der Waals surface area contributed by atoms with Crippen LogP contribution < -0.4 is 11.1 Å². The van der Waals surface area contributed by atoms with E-state index in [1.165, 1.54) is 0 Å². The molecule has 0 amide bonds. The van der Waals surface area contributed by atoms with E-state index in [9.17, 15) is 0 Å². The number of benzene rings is 2. The molecule has 4 nitrogen and oxygen atoms in total. The van der Waals surface area contributed by atoms with Crippen molar-refractivity contribution in [2.24, 2.45) is 0 Å². The Hall–Kier alpha value is -2.49. The molecule has 0 radical (unpaired) electrons. The van der Waals surface area contributed by atoms with Gasteiger partial charge in [0, 0.05) is 23.3 Å². The van der Waals surface area contributed by atoms with Gasteiger partial charge in [-0.3, -0.25) is 5.10 Å². The van der Waals surface area contributed by atoms with Crippen molar-refractivity contribution >= 4 is 22.3 Å². The molecular weight excluding hydrogens is 224 g/mol. The van der Waals surface area contributed by atoms with Crippen molar-refractivity contribution in [3.05, 3.63) is 54.2 Å². The first-order valence-electron chi connectivity index (χ1n) is 5.83. The second-order valence-corrected chi connectivity index (χ2v) is 4.22. The van der Waals surface area contributed by atoms with E-state index in [1.807, 2.05) is 48.7 Å². The highest BCUT2D eigenvalue weighted by atomic mass is 15.1. The van der Waals surface area contributed by atoms with E-state index in [1.54, 1.807) is 0 Å². The number of aromatic nitrogens is 2. The molecule has 4 N–H and O–H groups in total. The van der Waals surface area contributed by atoms with Gasteiger partial charge in [0.1, 0.15) is 0 Å². The minimum Gasteiger partial charge on any atom is -0.398 e. The number of nitrogens with one attached hydrogen (secondary N) is 2. The van der Waals surface area contributed by atoms with Gasteiger partial charge in [-0.25, -0.2) is 0 Å². The van der Waals surface area contributed by atoms with Crippen molar-refractivity contribution in [3.8, 4) is 0 Å². The van der Waals surface area contributed by atoms with Crippen molar-refractivity contribution in [2.45, 2.75) is 6.54 Å². The number of anilines is 2. The number of hydrogen-bond acceptors (Lipinski definition) is 3. The molecule has 0 aliphatic rings. The third-order valence-electron chi connectivity index (χ3n) is 2.98. The molecule has 0 bridgehead atoms. The lowest BCUT2D eigenvalue weighted by Gasteiger charge is -2.08. The van der Waals surface area contributed by atoms with E-state index in [0.29, 0.717) is 6.54 Å². The number of nitrogens with zero attached hydrogens (tertiary/aromatic N) is 1. The maximum Gasteiger partial charge on any atom is 0.0670 e. The van der Waals surface area contributed by atoms with Gasteiger partial charge in [-0.1, -0.05) is 18.2 Å². The van der Waals surface area contributed by atoms with Crippen LogP contribution in [-0.4, -0.2) is 10.2 Å². The van der Waals surface area contributed by atoms with Gasteiger partial charge in [-0.2, -0.15) is 5.10 Å². The van der Waals surface area contributed by atoms with Crippen molar-refractivity contribution in [3.63, 3.8) is 0 Å². The van der Waals surface area contributed by atoms with Gasteiger partial charge in [0.25, 0.3) is 0 Å². The van der Waals surface area contributed by atoms with E-state index in [4.69, 9.17) is 5.73 Å². The van der Waals surface area contributed by atoms with Crippen LogP contribution in [0.25, 0.3) is 10.9 Å². The van der Waals surface area contributed by atoms with Gasteiger partial charge in [-0.15, -0.1) is 0 Å². The minimum atomic E-state index is 0.715. The molecule has 18 heavy (non-hydrogen) atoms. The predicted octanol–water partition coefficient (Wildman–Crippen LogP) is 2.76. The van der Waals surface area contributed by atoms with Crippen molar-refractivity contribution < 1.29 is 0 Å². The number of nitrogens with two attached hydrogens (primary N) is 1. The molecule has 0 aliphatic carbocycles. The first-order chi connectivity index (χ1) is 8.83. The molecule has 4 heteroatoms. The lowest BCUT2D eigenvalue weighted by molar-refractivity contribution is 1.12. The van der Waals surface area contributed by atoms with Gasteiger partial charge in [0.15, 0.2) is 0 Å². The fourth-order valence-electron chi connectivity index (χ4n) is 1.94. The number of nitrogen functional groups attached to an aromatic ring is 1. The molecule has 3 rings (SSSR count). The minimum absolute atomic E-state index is 0.715. The van der Waals surface area contributed by atoms with Crippen molar-refractivity contribution in [2.75, 3.05) is 11.1 Å². The molecular formula is C14H14N4. The molecule has 0 saturated carbocycles. The van der Waals surface area contributed by atoms with Crippen LogP contribution in [0.5, 0.6) is 0 Å². The molecule has 0 atom stereocenters. The summed E-state index contributed by atoms with van der Waals surface area (Å²) in [4.78, 5) is 0. The number of H-pyrrole nitrogens is 1. The van der Waals surface area contributed by atoms with E-state index >= 15 is 0 Å². The quantitative estimate of drug-likeness (QED) is 0.615. The second kappa shape index (κ2) is 4.41. The third kappa shape index (κ3) is 2.00. The Morgan fingerprint density at radius 1 is 1.17 bits per heavy atom. The Labute approximate surface area is 105 Å². The topological polar surface area (TPSA) is 66.7 Å². The summed E-state index contributed by atoms with van der Waals surface area (Å²) in [6.07, 6.45) is 1.81. The lowest BCUT2D eigenvalue weighted by atomic mass is 10.1. The Morgan fingerprint density at radius 3 is 2.94 bits per heavy atom. The van der Waals surface area contributed by atoms with E-state index in [2.05, 4.69) is 15.5 Å². The normalized spacial score (nSPS) is 10.7. The molecule has 1 heterocycles. The van der Waals surface area contributed by atoms with Crippen LogP contribution in [0.1, 0.15) is 5.56 Å². The Bertz CT molecular complexity index is 672. The summed E-state index contributed by atoms with van der Waals surface area (Å²) in [5, 5.41) is 11.4. The molecule has 0 spiro atoms. The summed E-state index contributed by atoms with van der Waals surface area (Å²) < 4.78 is 0. The lowest BCUT2D eigenvalue weighted by Crippen LogP contribution is -2.02. The van der Waals surface area contributed by atoms with Crippen LogP contribution in [0.4, 0.5) is 11.4 Å². The van der Waals surface area contributed by atoms with Crippen LogP contribution in [0.3, 0.4) is 0 Å². The highest BCUT2D eigenvalue weighted by molar-refractivity contribution is 5.81. The fourth-order valence-corrected chi connectivity index (χ4v) is 1.94. The van der Waals surface area contributed by atoms with Gasteiger partial charge < -0.3 is 11.1 Å². The zero-order chi connectivity index (χ0) is 12.4. The smallest absolute Gasteiger partial charge is 0.0670 e. The zero-order valence-corrected chi connectivity index (χ0v) is 9.85. The summed E-state index contributed by atoms with van der Waals surface area (Å²) >= 11 is 0. The molecule has 0 saturated heterocycles. The van der Waals surface area contributed by atoms with Crippen LogP contribution in [0.15, 0.2) is 48.7 Å². The Morgan fingerprint density at radius 2 is 2.06 bits per heavy atom. The highest BCUT2D eigenvalue weighted by Gasteiger charge is 2.00. The zero-order valence-electron chi connectivity index (χ0n) is 9.85. The SMILES string of the molecule is Nc1ccccc1CNc1ccc2cn[nH]c2c1. The molecule has 2 aromatic carbocycles. The number of rotatable bonds is 3. The number of para-hydroxylation sites is 1. The summed E-state index contributed by atoms with van der Waals surface area (Å²) in [6.45, 7) is 0.715. The van der Waals surface area contributed by atoms with E-state index in [0.717, 1.165) is 27.8 Å². The third-order valence-corrected chi connectivity index (χ3v) is 2.98. The Kier molecular flexibility index (Phi) is 2.61. The van der Waals surface area contributed by atoms with Gasteiger partial charge in [-0.05, 0) is 29.8 Å². The van der Waals surface area contributed by atoms with Crippen LogP contribution in [-0.2, 0) is 6.54 Å². The largest absolute Gasteiger partial charge is 0.398 e. The maximum atomic E-state index is 5.90. The molecule has 1 aromatic heterocycles.